The lowest BCUT2D eigenvalue weighted by Crippen LogP contribution is -2.41. The molecule has 6 nitrogen and oxygen atoms in total. The maximum Gasteiger partial charge on any atom is 0.496 e. The number of pyridine rings is 1. The summed E-state index contributed by atoms with van der Waals surface area (Å²) in [5, 5.41) is 1.01. The van der Waals surface area contributed by atoms with Crippen LogP contribution in [0.15, 0.2) is 115 Å². The van der Waals surface area contributed by atoms with Crippen LogP contribution in [0.1, 0.15) is 27.7 Å². The van der Waals surface area contributed by atoms with Crippen LogP contribution in [-0.4, -0.2) is 38.3 Å². The summed E-state index contributed by atoms with van der Waals surface area (Å²) < 4.78 is 13.1. The standard InChI is InChI=1S/C36H31BN4O2/c1-35(2)36(3,4)43-37(42-35)31-28-17-11-12-18-30(28)38-23-29(31)24-19-21-27(22-20-24)34-40-32(25-13-7-5-8-14-25)39-33(41-34)26-15-9-6-10-16-26/h5-23H,1-4H3. The summed E-state index contributed by atoms with van der Waals surface area (Å²) in [4.78, 5) is 19.4. The summed E-state index contributed by atoms with van der Waals surface area (Å²) in [6.07, 6.45) is 1.92. The van der Waals surface area contributed by atoms with E-state index in [-0.39, 0.29) is 0 Å². The molecule has 4 aromatic carbocycles. The fraction of sp³-hybridized carbons (Fsp3) is 0.167. The van der Waals surface area contributed by atoms with Crippen LogP contribution >= 0.6 is 0 Å². The smallest absolute Gasteiger partial charge is 0.399 e. The minimum Gasteiger partial charge on any atom is -0.399 e. The summed E-state index contributed by atoms with van der Waals surface area (Å²) in [5.74, 6) is 1.88. The van der Waals surface area contributed by atoms with Crippen LogP contribution in [0.25, 0.3) is 56.2 Å². The molecule has 3 heterocycles. The van der Waals surface area contributed by atoms with Gasteiger partial charge in [0.25, 0.3) is 0 Å². The van der Waals surface area contributed by atoms with E-state index in [9.17, 15) is 0 Å². The molecule has 0 radical (unpaired) electrons. The van der Waals surface area contributed by atoms with Gasteiger partial charge in [-0.2, -0.15) is 0 Å². The molecule has 0 atom stereocenters. The Labute approximate surface area is 252 Å². The second kappa shape index (κ2) is 10.5. The van der Waals surface area contributed by atoms with E-state index in [1.54, 1.807) is 0 Å². The SMILES string of the molecule is CC1(C)OB(c2c(-c3ccc(-c4nc(-c5ccccc5)nc(-c5ccccc5)n4)cc3)cnc3ccccc23)OC1(C)C. The molecule has 6 aromatic rings. The highest BCUT2D eigenvalue weighted by molar-refractivity contribution is 6.67. The van der Waals surface area contributed by atoms with Gasteiger partial charge in [-0.05, 0) is 39.3 Å². The molecule has 0 N–H and O–H groups in total. The van der Waals surface area contributed by atoms with Crippen LogP contribution in [0.5, 0.6) is 0 Å². The van der Waals surface area contributed by atoms with Crippen molar-refractivity contribution in [3.8, 4) is 45.3 Å². The molecule has 210 valence electrons. The summed E-state index contributed by atoms with van der Waals surface area (Å²) in [6.45, 7) is 8.31. The van der Waals surface area contributed by atoms with Crippen molar-refractivity contribution < 1.29 is 9.31 Å². The first kappa shape index (κ1) is 27.1. The van der Waals surface area contributed by atoms with Crippen molar-refractivity contribution in [2.24, 2.45) is 0 Å². The van der Waals surface area contributed by atoms with Gasteiger partial charge in [0.05, 0.1) is 16.7 Å². The minimum absolute atomic E-state index is 0.464. The number of nitrogens with zero attached hydrogens (tertiary/aromatic N) is 4. The Morgan fingerprint density at radius 3 is 1.49 bits per heavy atom. The summed E-state index contributed by atoms with van der Waals surface area (Å²) in [5.41, 5.74) is 5.70. The molecule has 0 amide bonds. The Morgan fingerprint density at radius 1 is 0.512 bits per heavy atom. The first-order valence-electron chi connectivity index (χ1n) is 14.5. The van der Waals surface area contributed by atoms with E-state index in [2.05, 4.69) is 58.0 Å². The predicted molar refractivity (Wildman–Crippen MR) is 173 cm³/mol. The fourth-order valence-corrected chi connectivity index (χ4v) is 5.34. The number of para-hydroxylation sites is 1. The molecular formula is C36H31BN4O2. The zero-order valence-corrected chi connectivity index (χ0v) is 24.7. The number of fused-ring (bicyclic) bond motifs is 1. The first-order valence-corrected chi connectivity index (χ1v) is 14.5. The molecule has 0 bridgehead atoms. The van der Waals surface area contributed by atoms with Gasteiger partial charge in [0.2, 0.25) is 0 Å². The third-order valence-electron chi connectivity index (χ3n) is 8.46. The van der Waals surface area contributed by atoms with E-state index in [0.717, 1.165) is 44.2 Å². The average Bonchev–Trinajstić information content (AvgIpc) is 3.26. The lowest BCUT2D eigenvalue weighted by atomic mass is 9.72. The van der Waals surface area contributed by atoms with Crippen molar-refractivity contribution >= 4 is 23.5 Å². The van der Waals surface area contributed by atoms with Gasteiger partial charge in [-0.15, -0.1) is 0 Å². The van der Waals surface area contributed by atoms with Gasteiger partial charge in [-0.25, -0.2) is 15.0 Å². The van der Waals surface area contributed by atoms with Crippen molar-refractivity contribution in [1.29, 1.82) is 0 Å². The highest BCUT2D eigenvalue weighted by atomic mass is 16.7. The summed E-state index contributed by atoms with van der Waals surface area (Å²) in [6, 6.07) is 36.4. The zero-order chi connectivity index (χ0) is 29.6. The lowest BCUT2D eigenvalue weighted by molar-refractivity contribution is 0.00578. The minimum atomic E-state index is -0.530. The maximum atomic E-state index is 6.55. The Kier molecular flexibility index (Phi) is 6.64. The average molecular weight is 562 g/mol. The van der Waals surface area contributed by atoms with E-state index in [4.69, 9.17) is 29.2 Å². The van der Waals surface area contributed by atoms with Crippen molar-refractivity contribution in [2.45, 2.75) is 38.9 Å². The third kappa shape index (κ3) is 5.01. The molecule has 0 aliphatic carbocycles. The van der Waals surface area contributed by atoms with Crippen molar-refractivity contribution in [1.82, 2.24) is 19.9 Å². The number of hydrogen-bond acceptors (Lipinski definition) is 6. The second-order valence-electron chi connectivity index (χ2n) is 11.8. The van der Waals surface area contributed by atoms with Crippen LogP contribution in [0, 0.1) is 0 Å². The lowest BCUT2D eigenvalue weighted by Gasteiger charge is -2.32. The van der Waals surface area contributed by atoms with Gasteiger partial charge >= 0.3 is 7.12 Å². The van der Waals surface area contributed by atoms with E-state index >= 15 is 0 Å². The van der Waals surface area contributed by atoms with Crippen LogP contribution < -0.4 is 5.46 Å². The van der Waals surface area contributed by atoms with Crippen LogP contribution in [0.3, 0.4) is 0 Å². The van der Waals surface area contributed by atoms with Crippen LogP contribution in [0.4, 0.5) is 0 Å². The third-order valence-corrected chi connectivity index (χ3v) is 8.46. The predicted octanol–water partition coefficient (Wildman–Crippen LogP) is 7.39. The quantitative estimate of drug-likeness (QED) is 0.204. The molecular weight excluding hydrogens is 531 g/mol. The van der Waals surface area contributed by atoms with Gasteiger partial charge in [0.15, 0.2) is 17.5 Å². The Bertz CT molecular complexity index is 1850. The van der Waals surface area contributed by atoms with Crippen molar-refractivity contribution in [3.05, 3.63) is 115 Å². The van der Waals surface area contributed by atoms with Crippen LogP contribution in [-0.2, 0) is 9.31 Å². The molecule has 7 rings (SSSR count). The van der Waals surface area contributed by atoms with Crippen LogP contribution in [0.2, 0.25) is 0 Å². The molecule has 1 fully saturated rings. The first-order chi connectivity index (χ1) is 20.8. The zero-order valence-electron chi connectivity index (χ0n) is 24.7. The fourth-order valence-electron chi connectivity index (χ4n) is 5.34. The van der Waals surface area contributed by atoms with Gasteiger partial charge in [-0.3, -0.25) is 4.98 Å². The van der Waals surface area contributed by atoms with Gasteiger partial charge in [0, 0.05) is 39.3 Å². The molecule has 2 aromatic heterocycles. The number of aromatic nitrogens is 4. The van der Waals surface area contributed by atoms with E-state index in [0.29, 0.717) is 17.5 Å². The molecule has 43 heavy (non-hydrogen) atoms. The van der Waals surface area contributed by atoms with Crippen molar-refractivity contribution in [2.75, 3.05) is 0 Å². The Morgan fingerprint density at radius 2 is 0.953 bits per heavy atom. The normalized spacial score (nSPS) is 15.6. The summed E-state index contributed by atoms with van der Waals surface area (Å²) >= 11 is 0. The van der Waals surface area contributed by atoms with E-state index in [1.165, 1.54) is 0 Å². The number of benzene rings is 4. The molecule has 1 aliphatic heterocycles. The Hall–Kier alpha value is -4.72. The Balaban J connectivity index is 1.32. The summed E-state index contributed by atoms with van der Waals surface area (Å²) in [7, 11) is -0.530. The largest absolute Gasteiger partial charge is 0.496 e. The highest BCUT2D eigenvalue weighted by Gasteiger charge is 2.52. The molecule has 1 saturated heterocycles. The highest BCUT2D eigenvalue weighted by Crippen LogP contribution is 2.38. The van der Waals surface area contributed by atoms with E-state index in [1.807, 2.05) is 85.1 Å². The molecule has 0 unspecified atom stereocenters. The topological polar surface area (TPSA) is 70.0 Å². The van der Waals surface area contributed by atoms with Crippen molar-refractivity contribution in [3.63, 3.8) is 0 Å². The monoisotopic (exact) mass is 562 g/mol. The second-order valence-corrected chi connectivity index (χ2v) is 11.8. The van der Waals surface area contributed by atoms with E-state index < -0.39 is 18.3 Å². The molecule has 1 aliphatic rings. The number of hydrogen-bond donors (Lipinski definition) is 0. The maximum absolute atomic E-state index is 6.55. The van der Waals surface area contributed by atoms with Gasteiger partial charge < -0.3 is 9.31 Å². The number of rotatable bonds is 5. The molecule has 0 saturated carbocycles. The van der Waals surface area contributed by atoms with Gasteiger partial charge in [-0.1, -0.05) is 103 Å². The van der Waals surface area contributed by atoms with Gasteiger partial charge in [0.1, 0.15) is 0 Å². The molecule has 0 spiro atoms. The molecule has 7 heteroatoms.